The van der Waals surface area contributed by atoms with Crippen molar-refractivity contribution < 1.29 is 47.7 Å². The topological polar surface area (TPSA) is 156 Å². The number of halogens is 3. The number of carbonyl (C=O) groups is 5. The van der Waals surface area contributed by atoms with Crippen LogP contribution < -0.4 is 10.6 Å². The van der Waals surface area contributed by atoms with E-state index in [1.165, 1.54) is 20.8 Å². The molecular weight excluding hydrogens is 845 g/mol. The monoisotopic (exact) mass is 872 g/mol. The maximum Gasteiger partial charge on any atom is 0.302 e. The van der Waals surface area contributed by atoms with Crippen molar-refractivity contribution in [2.24, 2.45) is 0 Å². The van der Waals surface area contributed by atoms with Crippen LogP contribution in [-0.2, 0) is 49.5 Å². The molecule has 1 saturated heterocycles. The van der Waals surface area contributed by atoms with Crippen LogP contribution in [0.1, 0.15) is 50.5 Å². The highest BCUT2D eigenvalue weighted by atomic mass is 127. The third-order valence-electron chi connectivity index (χ3n) is 4.91. The fourth-order valence-corrected chi connectivity index (χ4v) is 7.41. The Hall–Kier alpha value is -1.32. The van der Waals surface area contributed by atoms with Gasteiger partial charge < -0.3 is 34.3 Å². The molecule has 2 rings (SSSR count). The lowest BCUT2D eigenvalue weighted by atomic mass is 10.1. The molecule has 1 atom stereocenters. The van der Waals surface area contributed by atoms with Gasteiger partial charge in [0.1, 0.15) is 19.8 Å². The molecule has 0 saturated carbocycles. The zero-order chi connectivity index (χ0) is 28.8. The average Bonchev–Trinajstić information content (AvgIpc) is 3.17. The Labute approximate surface area is 260 Å². The van der Waals surface area contributed by atoms with E-state index in [2.05, 4.69) is 10.6 Å². The van der Waals surface area contributed by atoms with Crippen LogP contribution in [0.25, 0.3) is 0 Å². The molecule has 1 aromatic rings. The molecule has 1 aromatic carbocycles. The summed E-state index contributed by atoms with van der Waals surface area (Å²) in [4.78, 5) is 60.7. The molecule has 1 unspecified atom stereocenters. The van der Waals surface area contributed by atoms with Gasteiger partial charge in [-0.05, 0) is 81.6 Å². The standard InChI is InChI=1S/C23H27I3N2O10/c1-10(29)34-6-13(7-35-11(2)30)27-22(33)16-17(24)14(8-36-12(3)31)18(25)20(19(16)26)28-21(32)15-9-37-23(4,5)38-15/h13,15H,6-9H2,1-5H3,(H,27,33)(H,28,32). The van der Waals surface area contributed by atoms with Crippen molar-refractivity contribution in [1.82, 2.24) is 5.32 Å². The van der Waals surface area contributed by atoms with Gasteiger partial charge >= 0.3 is 17.9 Å². The zero-order valence-electron chi connectivity index (χ0n) is 21.2. The lowest BCUT2D eigenvalue weighted by Crippen LogP contribution is -2.43. The number of ether oxygens (including phenoxy) is 5. The van der Waals surface area contributed by atoms with E-state index in [0.29, 0.717) is 22.0 Å². The van der Waals surface area contributed by atoms with Crippen LogP contribution >= 0.6 is 67.8 Å². The number of anilines is 1. The number of amides is 2. The highest BCUT2D eigenvalue weighted by Crippen LogP contribution is 2.37. The number of esters is 3. The van der Waals surface area contributed by atoms with Crippen LogP contribution in [0.3, 0.4) is 0 Å². The summed E-state index contributed by atoms with van der Waals surface area (Å²) in [6, 6.07) is -0.845. The number of benzene rings is 1. The quantitative estimate of drug-likeness (QED) is 0.204. The Balaban J connectivity index is 2.47. The summed E-state index contributed by atoms with van der Waals surface area (Å²) in [5.74, 6) is -3.63. The molecule has 0 bridgehead atoms. The normalized spacial score (nSPS) is 16.1. The molecule has 210 valence electrons. The van der Waals surface area contributed by atoms with Crippen LogP contribution in [0.4, 0.5) is 5.69 Å². The van der Waals surface area contributed by atoms with Crippen LogP contribution in [0, 0.1) is 10.7 Å². The van der Waals surface area contributed by atoms with E-state index in [1.807, 2.05) is 67.8 Å². The molecule has 12 nitrogen and oxygen atoms in total. The van der Waals surface area contributed by atoms with Gasteiger partial charge in [0.25, 0.3) is 11.8 Å². The summed E-state index contributed by atoms with van der Waals surface area (Å²) < 4.78 is 27.8. The molecule has 0 aromatic heterocycles. The van der Waals surface area contributed by atoms with Crippen LogP contribution in [0.5, 0.6) is 0 Å². The van der Waals surface area contributed by atoms with Gasteiger partial charge in [-0.3, -0.25) is 24.0 Å². The summed E-state index contributed by atoms with van der Waals surface area (Å²) >= 11 is 5.93. The fraction of sp³-hybridized carbons (Fsp3) is 0.522. The zero-order valence-corrected chi connectivity index (χ0v) is 27.7. The van der Waals surface area contributed by atoms with Crippen LogP contribution in [0.2, 0.25) is 0 Å². The van der Waals surface area contributed by atoms with E-state index in [0.717, 1.165) is 0 Å². The summed E-state index contributed by atoms with van der Waals surface area (Å²) in [7, 11) is 0. The van der Waals surface area contributed by atoms with Gasteiger partial charge in [0.05, 0.1) is 27.5 Å². The number of rotatable bonds is 10. The van der Waals surface area contributed by atoms with Gasteiger partial charge in [-0.1, -0.05) is 0 Å². The number of hydrogen-bond donors (Lipinski definition) is 2. The van der Waals surface area contributed by atoms with E-state index >= 15 is 0 Å². The Morgan fingerprint density at radius 1 is 0.921 bits per heavy atom. The minimum Gasteiger partial charge on any atom is -0.464 e. The minimum absolute atomic E-state index is 0.0536. The van der Waals surface area contributed by atoms with Crippen molar-refractivity contribution in [2.75, 3.05) is 25.1 Å². The van der Waals surface area contributed by atoms with E-state index in [-0.39, 0.29) is 32.0 Å². The van der Waals surface area contributed by atoms with Crippen molar-refractivity contribution in [3.8, 4) is 0 Å². The second kappa shape index (κ2) is 14.4. The third-order valence-corrected chi connectivity index (χ3v) is 8.37. The number of hydrogen-bond acceptors (Lipinski definition) is 10. The first kappa shape index (κ1) is 32.9. The highest BCUT2D eigenvalue weighted by molar-refractivity contribution is 14.1. The molecule has 1 aliphatic rings. The van der Waals surface area contributed by atoms with E-state index in [1.54, 1.807) is 13.8 Å². The van der Waals surface area contributed by atoms with Crippen molar-refractivity contribution in [3.05, 3.63) is 21.8 Å². The predicted octanol–water partition coefficient (Wildman–Crippen LogP) is 2.88. The second-order valence-corrected chi connectivity index (χ2v) is 11.8. The van der Waals surface area contributed by atoms with Crippen molar-refractivity contribution in [2.45, 2.75) is 59.2 Å². The summed E-state index contributed by atoms with van der Waals surface area (Å²) in [5.41, 5.74) is 1.01. The Kier molecular flexibility index (Phi) is 12.4. The maximum absolute atomic E-state index is 13.5. The largest absolute Gasteiger partial charge is 0.464 e. The molecule has 2 amide bonds. The van der Waals surface area contributed by atoms with Crippen molar-refractivity contribution in [1.29, 1.82) is 0 Å². The minimum atomic E-state index is -0.918. The van der Waals surface area contributed by atoms with Crippen LogP contribution in [-0.4, -0.2) is 67.5 Å². The number of nitrogens with one attached hydrogen (secondary N) is 2. The van der Waals surface area contributed by atoms with Gasteiger partial charge in [-0.25, -0.2) is 0 Å². The molecule has 0 spiro atoms. The highest BCUT2D eigenvalue weighted by Gasteiger charge is 2.38. The fourth-order valence-electron chi connectivity index (χ4n) is 3.17. The Morgan fingerprint density at radius 3 is 1.95 bits per heavy atom. The predicted molar refractivity (Wildman–Crippen MR) is 158 cm³/mol. The number of carbonyl (C=O) groups excluding carboxylic acids is 5. The van der Waals surface area contributed by atoms with E-state index in [4.69, 9.17) is 23.7 Å². The molecular formula is C23H27I3N2O10. The molecule has 0 aliphatic carbocycles. The Morgan fingerprint density at radius 2 is 1.47 bits per heavy atom. The van der Waals surface area contributed by atoms with Gasteiger partial charge in [-0.15, -0.1) is 0 Å². The molecule has 1 aliphatic heterocycles. The second-order valence-electron chi connectivity index (χ2n) is 8.53. The first-order chi connectivity index (χ1) is 17.6. The van der Waals surface area contributed by atoms with Crippen LogP contribution in [0.15, 0.2) is 0 Å². The van der Waals surface area contributed by atoms with E-state index in [9.17, 15) is 24.0 Å². The first-order valence-electron chi connectivity index (χ1n) is 11.2. The summed E-state index contributed by atoms with van der Waals surface area (Å²) in [5, 5.41) is 5.53. The molecule has 2 N–H and O–H groups in total. The maximum atomic E-state index is 13.5. The van der Waals surface area contributed by atoms with Gasteiger partial charge in [0.2, 0.25) is 0 Å². The first-order valence-corrected chi connectivity index (χ1v) is 14.4. The van der Waals surface area contributed by atoms with E-state index < -0.39 is 47.7 Å². The lowest BCUT2D eigenvalue weighted by Gasteiger charge is -2.23. The lowest BCUT2D eigenvalue weighted by molar-refractivity contribution is -0.150. The van der Waals surface area contributed by atoms with Gasteiger partial charge in [-0.2, -0.15) is 0 Å². The summed E-state index contributed by atoms with van der Waals surface area (Å²) in [6.45, 7) is 6.52. The summed E-state index contributed by atoms with van der Waals surface area (Å²) in [6.07, 6.45) is -0.873. The molecule has 1 fully saturated rings. The third kappa shape index (κ3) is 9.40. The van der Waals surface area contributed by atoms with Crippen molar-refractivity contribution in [3.63, 3.8) is 0 Å². The molecule has 0 radical (unpaired) electrons. The average molecular weight is 872 g/mol. The molecule has 38 heavy (non-hydrogen) atoms. The SMILES string of the molecule is CC(=O)OCc1c(I)c(NC(=O)C2COC(C)(C)O2)c(I)c(C(=O)NC(COC(C)=O)COC(C)=O)c1I. The van der Waals surface area contributed by atoms with Crippen molar-refractivity contribution >= 4 is 103 Å². The smallest absolute Gasteiger partial charge is 0.302 e. The molecule has 1 heterocycles. The van der Waals surface area contributed by atoms with Gasteiger partial charge in [0, 0.05) is 33.5 Å². The molecule has 15 heteroatoms. The Bertz CT molecular complexity index is 1110. The van der Waals surface area contributed by atoms with Gasteiger partial charge in [0.15, 0.2) is 11.9 Å².